The smallest absolute Gasteiger partial charge is 0 e. The molecule has 0 unspecified atom stereocenters. The molecular formula is C7H12Cl3Hf-. The molecule has 0 N–H and O–H groups in total. The molecule has 0 radical (unpaired) electrons. The van der Waals surface area contributed by atoms with Crippen molar-refractivity contribution in [2.45, 2.75) is 20.3 Å². The molecule has 0 amide bonds. The van der Waals surface area contributed by atoms with Crippen molar-refractivity contribution in [1.82, 2.24) is 0 Å². The summed E-state index contributed by atoms with van der Waals surface area (Å²) >= 11 is 0. The quantitative estimate of drug-likeness (QED) is 0.446. The van der Waals surface area contributed by atoms with Crippen LogP contribution >= 0.6 is 37.2 Å². The van der Waals surface area contributed by atoms with E-state index in [-0.39, 0.29) is 63.1 Å². The molecule has 0 saturated carbocycles. The fraction of sp³-hybridized carbons (Fsp3) is 0.429. The van der Waals surface area contributed by atoms with Crippen LogP contribution < -0.4 is 0 Å². The fourth-order valence-corrected chi connectivity index (χ4v) is 0.650. The fourth-order valence-electron chi connectivity index (χ4n) is 0.650. The van der Waals surface area contributed by atoms with Gasteiger partial charge in [0.05, 0.1) is 0 Å². The number of hydrogen-bond acceptors (Lipinski definition) is 0. The molecule has 0 aliphatic heterocycles. The van der Waals surface area contributed by atoms with Crippen molar-refractivity contribution >= 4 is 37.2 Å². The Morgan fingerprint density at radius 2 is 1.64 bits per heavy atom. The second kappa shape index (κ2) is 11.2. The van der Waals surface area contributed by atoms with Gasteiger partial charge in [0, 0.05) is 25.8 Å². The van der Waals surface area contributed by atoms with Gasteiger partial charge in [-0.2, -0.15) is 6.08 Å². The van der Waals surface area contributed by atoms with E-state index in [0.717, 1.165) is 6.42 Å². The number of allylic oxidation sites excluding steroid dienone is 4. The van der Waals surface area contributed by atoms with Gasteiger partial charge < -0.3 is 0 Å². The molecule has 0 fully saturated rings. The van der Waals surface area contributed by atoms with Crippen molar-refractivity contribution in [3.8, 4) is 0 Å². The zero-order valence-electron chi connectivity index (χ0n) is 6.51. The molecular weight excluding hydrogens is 369 g/mol. The van der Waals surface area contributed by atoms with Gasteiger partial charge in [-0.05, 0) is 0 Å². The van der Waals surface area contributed by atoms with Crippen molar-refractivity contribution in [2.75, 3.05) is 0 Å². The van der Waals surface area contributed by atoms with E-state index < -0.39 is 0 Å². The minimum Gasteiger partial charge on any atom is -0.270 e. The molecule has 4 heteroatoms. The third-order valence-corrected chi connectivity index (χ3v) is 1.37. The monoisotopic (exact) mass is 381 g/mol. The molecule has 0 spiro atoms. The molecule has 0 aromatic rings. The molecule has 11 heavy (non-hydrogen) atoms. The van der Waals surface area contributed by atoms with Crippen LogP contribution in [0.1, 0.15) is 20.3 Å². The topological polar surface area (TPSA) is 0 Å². The predicted molar refractivity (Wildman–Crippen MR) is 52.5 cm³/mol. The van der Waals surface area contributed by atoms with Gasteiger partial charge in [0.1, 0.15) is 0 Å². The first-order valence-electron chi connectivity index (χ1n) is 2.55. The van der Waals surface area contributed by atoms with Crippen LogP contribution in [0.15, 0.2) is 17.2 Å². The summed E-state index contributed by atoms with van der Waals surface area (Å²) in [6.07, 6.45) is 6.41. The molecule has 0 aromatic heterocycles. The van der Waals surface area contributed by atoms with Crippen LogP contribution in [0, 0.1) is 6.08 Å². The SMILES string of the molecule is CC1=[C-]CC=C1C.Cl.Cl.Cl.[Hf]. The third kappa shape index (κ3) is 7.58. The third-order valence-electron chi connectivity index (χ3n) is 1.37. The van der Waals surface area contributed by atoms with Gasteiger partial charge >= 0.3 is 0 Å². The number of rotatable bonds is 0. The van der Waals surface area contributed by atoms with Crippen LogP contribution in [-0.2, 0) is 25.8 Å². The molecule has 0 saturated heterocycles. The summed E-state index contributed by atoms with van der Waals surface area (Å²) in [4.78, 5) is 0. The standard InChI is InChI=1S/C7H9.3ClH.Hf/c1-6-4-3-5-7(6)2;;;;/h4H,3H2,1-2H3;3*1H;/q-1;;;;. The van der Waals surface area contributed by atoms with E-state index >= 15 is 0 Å². The summed E-state index contributed by atoms with van der Waals surface area (Å²) in [7, 11) is 0. The molecule has 0 nitrogen and oxygen atoms in total. The van der Waals surface area contributed by atoms with Gasteiger partial charge in [-0.15, -0.1) is 50.6 Å². The van der Waals surface area contributed by atoms with Gasteiger partial charge in [0.25, 0.3) is 0 Å². The molecule has 0 bridgehead atoms. The Bertz CT molecular complexity index is 125. The Morgan fingerprint density at radius 1 is 1.18 bits per heavy atom. The first kappa shape index (κ1) is 22.8. The molecule has 66 valence electrons. The van der Waals surface area contributed by atoms with Crippen LogP contribution in [0.4, 0.5) is 0 Å². The van der Waals surface area contributed by atoms with Crippen LogP contribution in [0.2, 0.25) is 0 Å². The molecule has 0 aromatic carbocycles. The Balaban J connectivity index is -0.0000000612. The molecule has 0 heterocycles. The van der Waals surface area contributed by atoms with Crippen molar-refractivity contribution in [3.05, 3.63) is 23.3 Å². The Hall–Kier alpha value is 1.22. The first-order chi connectivity index (χ1) is 3.30. The van der Waals surface area contributed by atoms with Gasteiger partial charge in [0.2, 0.25) is 0 Å². The van der Waals surface area contributed by atoms with Gasteiger partial charge in [-0.1, -0.05) is 6.92 Å². The summed E-state index contributed by atoms with van der Waals surface area (Å²) < 4.78 is 0. The summed E-state index contributed by atoms with van der Waals surface area (Å²) in [6, 6.07) is 0. The van der Waals surface area contributed by atoms with E-state index in [1.54, 1.807) is 0 Å². The number of halogens is 3. The van der Waals surface area contributed by atoms with Crippen molar-refractivity contribution < 1.29 is 25.8 Å². The average molecular weight is 381 g/mol. The van der Waals surface area contributed by atoms with E-state index in [9.17, 15) is 0 Å². The zero-order chi connectivity index (χ0) is 5.28. The second-order valence-corrected chi connectivity index (χ2v) is 1.89. The average Bonchev–Trinajstić information content (AvgIpc) is 1.91. The zero-order valence-corrected chi connectivity index (χ0v) is 12.6. The van der Waals surface area contributed by atoms with Gasteiger partial charge in [-0.25, -0.2) is 11.1 Å². The largest absolute Gasteiger partial charge is 0.270 e. The van der Waals surface area contributed by atoms with Crippen LogP contribution in [0.3, 0.4) is 0 Å². The van der Waals surface area contributed by atoms with E-state index in [4.69, 9.17) is 0 Å². The normalized spacial score (nSPS) is 12.2. The van der Waals surface area contributed by atoms with Crippen LogP contribution in [0.25, 0.3) is 0 Å². The predicted octanol–water partition coefficient (Wildman–Crippen LogP) is 3.35. The summed E-state index contributed by atoms with van der Waals surface area (Å²) in [5.41, 5.74) is 2.71. The van der Waals surface area contributed by atoms with Gasteiger partial charge in [-0.3, -0.25) is 6.08 Å². The summed E-state index contributed by atoms with van der Waals surface area (Å²) in [5.74, 6) is 0. The maximum Gasteiger partial charge on any atom is 0 e. The minimum absolute atomic E-state index is 0. The Kier molecular flexibility index (Phi) is 23.2. The van der Waals surface area contributed by atoms with Gasteiger partial charge in [0.15, 0.2) is 0 Å². The van der Waals surface area contributed by atoms with E-state index in [2.05, 4.69) is 26.0 Å². The van der Waals surface area contributed by atoms with Crippen molar-refractivity contribution in [3.63, 3.8) is 0 Å². The molecule has 1 rings (SSSR count). The second-order valence-electron chi connectivity index (χ2n) is 1.89. The molecule has 1 aliphatic rings. The van der Waals surface area contributed by atoms with Crippen LogP contribution in [0.5, 0.6) is 0 Å². The van der Waals surface area contributed by atoms with E-state index in [1.807, 2.05) is 0 Å². The van der Waals surface area contributed by atoms with Crippen molar-refractivity contribution in [1.29, 1.82) is 0 Å². The molecule has 0 atom stereocenters. The maximum atomic E-state index is 3.19. The minimum atomic E-state index is 0. The molecule has 1 aliphatic carbocycles. The number of hydrogen-bond donors (Lipinski definition) is 0. The summed E-state index contributed by atoms with van der Waals surface area (Å²) in [6.45, 7) is 4.22. The first-order valence-corrected chi connectivity index (χ1v) is 2.55. The van der Waals surface area contributed by atoms with Crippen LogP contribution in [-0.4, -0.2) is 0 Å². The Morgan fingerprint density at radius 3 is 1.73 bits per heavy atom. The summed E-state index contributed by atoms with van der Waals surface area (Å²) in [5, 5.41) is 0. The van der Waals surface area contributed by atoms with E-state index in [0.29, 0.717) is 0 Å². The Labute approximate surface area is 106 Å². The van der Waals surface area contributed by atoms with E-state index in [1.165, 1.54) is 11.1 Å². The maximum absolute atomic E-state index is 3.19. The van der Waals surface area contributed by atoms with Crippen molar-refractivity contribution in [2.24, 2.45) is 0 Å².